The minimum atomic E-state index is 0.628. The van der Waals surface area contributed by atoms with Gasteiger partial charge in [-0.2, -0.15) is 0 Å². The van der Waals surface area contributed by atoms with Gasteiger partial charge in [0, 0.05) is 12.7 Å². The van der Waals surface area contributed by atoms with Crippen LogP contribution in [0.2, 0.25) is 0 Å². The van der Waals surface area contributed by atoms with E-state index in [-0.39, 0.29) is 0 Å². The van der Waals surface area contributed by atoms with E-state index in [2.05, 4.69) is 25.3 Å². The number of hydrogen-bond donors (Lipinski definition) is 1. The summed E-state index contributed by atoms with van der Waals surface area (Å²) in [6, 6.07) is 3.84. The highest BCUT2D eigenvalue weighted by atomic mass is 32.1. The van der Waals surface area contributed by atoms with Crippen molar-refractivity contribution in [2.75, 3.05) is 11.9 Å². The molecule has 3 aromatic heterocycles. The summed E-state index contributed by atoms with van der Waals surface area (Å²) in [6.45, 7) is 2.87. The molecule has 0 atom stereocenters. The highest BCUT2D eigenvalue weighted by Gasteiger charge is 2.10. The zero-order valence-corrected chi connectivity index (χ0v) is 10.6. The van der Waals surface area contributed by atoms with Crippen LogP contribution in [0.1, 0.15) is 6.92 Å². The third-order valence-corrected chi connectivity index (χ3v) is 3.29. The molecule has 0 aliphatic heterocycles. The molecule has 0 bridgehead atoms. The topological polar surface area (TPSA) is 63.6 Å². The predicted molar refractivity (Wildman–Crippen MR) is 72.6 cm³/mol. The van der Waals surface area contributed by atoms with E-state index in [0.717, 1.165) is 28.3 Å². The van der Waals surface area contributed by atoms with Gasteiger partial charge >= 0.3 is 0 Å². The summed E-state index contributed by atoms with van der Waals surface area (Å²) in [6.07, 6.45) is 3.20. The van der Waals surface area contributed by atoms with E-state index in [9.17, 15) is 0 Å². The van der Waals surface area contributed by atoms with Crippen molar-refractivity contribution < 1.29 is 0 Å². The SMILES string of the molecule is CCNc1nc(-c2ccncn2)nc2sccc12. The van der Waals surface area contributed by atoms with Gasteiger partial charge in [-0.25, -0.2) is 19.9 Å². The van der Waals surface area contributed by atoms with Crippen molar-refractivity contribution in [2.45, 2.75) is 6.92 Å². The summed E-state index contributed by atoms with van der Waals surface area (Å²) in [5.41, 5.74) is 0.736. The fourth-order valence-corrected chi connectivity index (χ4v) is 2.46. The van der Waals surface area contributed by atoms with Crippen molar-refractivity contribution >= 4 is 27.4 Å². The van der Waals surface area contributed by atoms with Crippen LogP contribution in [0.25, 0.3) is 21.7 Å². The molecular weight excluding hydrogens is 246 g/mol. The first-order valence-electron chi connectivity index (χ1n) is 5.64. The Kier molecular flexibility index (Phi) is 2.85. The fourth-order valence-electron chi connectivity index (χ4n) is 1.70. The number of rotatable bonds is 3. The number of nitrogens with one attached hydrogen (secondary N) is 1. The smallest absolute Gasteiger partial charge is 0.181 e. The van der Waals surface area contributed by atoms with E-state index in [1.807, 2.05) is 24.4 Å². The average molecular weight is 257 g/mol. The number of thiophene rings is 1. The molecule has 0 fully saturated rings. The number of hydrogen-bond acceptors (Lipinski definition) is 6. The van der Waals surface area contributed by atoms with E-state index in [4.69, 9.17) is 0 Å². The van der Waals surface area contributed by atoms with Crippen molar-refractivity contribution in [1.29, 1.82) is 0 Å². The molecular formula is C12H11N5S. The monoisotopic (exact) mass is 257 g/mol. The largest absolute Gasteiger partial charge is 0.370 e. The van der Waals surface area contributed by atoms with Gasteiger partial charge in [-0.1, -0.05) is 0 Å². The second kappa shape index (κ2) is 4.66. The first-order chi connectivity index (χ1) is 8.88. The molecule has 3 heterocycles. The minimum Gasteiger partial charge on any atom is -0.370 e. The Morgan fingerprint density at radius 3 is 3.00 bits per heavy atom. The summed E-state index contributed by atoms with van der Waals surface area (Å²) in [7, 11) is 0. The summed E-state index contributed by atoms with van der Waals surface area (Å²) in [4.78, 5) is 18.1. The molecule has 0 saturated heterocycles. The lowest BCUT2D eigenvalue weighted by Gasteiger charge is -2.06. The quantitative estimate of drug-likeness (QED) is 0.781. The first kappa shape index (κ1) is 11.0. The minimum absolute atomic E-state index is 0.628. The molecule has 0 radical (unpaired) electrons. The van der Waals surface area contributed by atoms with Crippen molar-refractivity contribution in [3.05, 3.63) is 30.0 Å². The molecule has 0 aromatic carbocycles. The van der Waals surface area contributed by atoms with Crippen LogP contribution >= 0.6 is 11.3 Å². The molecule has 6 heteroatoms. The third-order valence-electron chi connectivity index (χ3n) is 2.48. The molecule has 0 aliphatic rings. The lowest BCUT2D eigenvalue weighted by molar-refractivity contribution is 1.11. The molecule has 0 aliphatic carbocycles. The van der Waals surface area contributed by atoms with E-state index >= 15 is 0 Å². The summed E-state index contributed by atoms with van der Waals surface area (Å²) >= 11 is 1.60. The van der Waals surface area contributed by atoms with Gasteiger partial charge in [0.15, 0.2) is 5.82 Å². The van der Waals surface area contributed by atoms with Gasteiger partial charge in [0.05, 0.1) is 5.39 Å². The van der Waals surface area contributed by atoms with Crippen LogP contribution in [0.5, 0.6) is 0 Å². The van der Waals surface area contributed by atoms with Crippen molar-refractivity contribution in [3.63, 3.8) is 0 Å². The zero-order chi connectivity index (χ0) is 12.4. The third kappa shape index (κ3) is 1.91. The normalized spacial score (nSPS) is 10.7. The van der Waals surface area contributed by atoms with E-state index in [1.54, 1.807) is 17.5 Å². The molecule has 3 rings (SSSR count). The summed E-state index contributed by atoms with van der Waals surface area (Å²) in [5, 5.41) is 6.33. The maximum atomic E-state index is 4.53. The molecule has 90 valence electrons. The standard InChI is InChI=1S/C12H11N5S/c1-2-14-10-8-4-6-18-12(8)17-11(16-10)9-3-5-13-7-15-9/h3-7H,2H2,1H3,(H,14,16,17). The Morgan fingerprint density at radius 2 is 2.22 bits per heavy atom. The van der Waals surface area contributed by atoms with Crippen LogP contribution in [-0.4, -0.2) is 26.5 Å². The average Bonchev–Trinajstić information content (AvgIpc) is 2.88. The van der Waals surface area contributed by atoms with Gasteiger partial charge in [0.2, 0.25) is 0 Å². The van der Waals surface area contributed by atoms with Crippen LogP contribution in [-0.2, 0) is 0 Å². The molecule has 3 aromatic rings. The maximum absolute atomic E-state index is 4.53. The van der Waals surface area contributed by atoms with Crippen molar-refractivity contribution in [3.8, 4) is 11.5 Å². The highest BCUT2D eigenvalue weighted by molar-refractivity contribution is 7.16. The molecule has 0 amide bonds. The second-order valence-corrected chi connectivity index (χ2v) is 4.55. The van der Waals surface area contributed by atoms with Crippen LogP contribution in [0, 0.1) is 0 Å². The molecule has 0 spiro atoms. The molecule has 0 unspecified atom stereocenters. The first-order valence-corrected chi connectivity index (χ1v) is 6.52. The Labute approximate surface area is 108 Å². The van der Waals surface area contributed by atoms with Gasteiger partial charge in [-0.3, -0.25) is 0 Å². The van der Waals surface area contributed by atoms with Crippen LogP contribution in [0.15, 0.2) is 30.0 Å². The van der Waals surface area contributed by atoms with Crippen molar-refractivity contribution in [2.24, 2.45) is 0 Å². The second-order valence-electron chi connectivity index (χ2n) is 3.66. The van der Waals surface area contributed by atoms with Gasteiger partial charge in [0.1, 0.15) is 22.7 Å². The van der Waals surface area contributed by atoms with E-state index in [1.165, 1.54) is 6.33 Å². The highest BCUT2D eigenvalue weighted by Crippen LogP contribution is 2.27. The van der Waals surface area contributed by atoms with Gasteiger partial charge < -0.3 is 5.32 Å². The number of fused-ring (bicyclic) bond motifs is 1. The lowest BCUT2D eigenvalue weighted by Crippen LogP contribution is -2.02. The Hall–Kier alpha value is -2.08. The van der Waals surface area contributed by atoms with Gasteiger partial charge in [-0.05, 0) is 24.4 Å². The summed E-state index contributed by atoms with van der Waals surface area (Å²) < 4.78 is 0. The van der Waals surface area contributed by atoms with Crippen LogP contribution in [0.3, 0.4) is 0 Å². The Bertz CT molecular complexity index is 665. The molecule has 1 N–H and O–H groups in total. The number of aromatic nitrogens is 4. The van der Waals surface area contributed by atoms with Crippen molar-refractivity contribution in [1.82, 2.24) is 19.9 Å². The maximum Gasteiger partial charge on any atom is 0.181 e. The number of nitrogens with zero attached hydrogens (tertiary/aromatic N) is 4. The number of anilines is 1. The fraction of sp³-hybridized carbons (Fsp3) is 0.167. The predicted octanol–water partition coefficient (Wildman–Crippen LogP) is 2.58. The molecule has 18 heavy (non-hydrogen) atoms. The van der Waals surface area contributed by atoms with E-state index in [0.29, 0.717) is 5.82 Å². The van der Waals surface area contributed by atoms with Gasteiger partial charge in [0.25, 0.3) is 0 Å². The van der Waals surface area contributed by atoms with Gasteiger partial charge in [-0.15, -0.1) is 11.3 Å². The summed E-state index contributed by atoms with van der Waals surface area (Å²) in [5.74, 6) is 1.49. The lowest BCUT2D eigenvalue weighted by atomic mass is 10.3. The van der Waals surface area contributed by atoms with Crippen LogP contribution < -0.4 is 5.32 Å². The molecule has 0 saturated carbocycles. The Morgan fingerprint density at radius 1 is 1.28 bits per heavy atom. The zero-order valence-electron chi connectivity index (χ0n) is 9.79. The molecule has 5 nitrogen and oxygen atoms in total. The Balaban J connectivity index is 2.19. The van der Waals surface area contributed by atoms with Crippen LogP contribution in [0.4, 0.5) is 5.82 Å². The van der Waals surface area contributed by atoms with E-state index < -0.39 is 0 Å².